The van der Waals surface area contributed by atoms with Gasteiger partial charge in [-0.15, -0.1) is 0 Å². The maximum Gasteiger partial charge on any atom is 0.271 e. The number of hydrogen-bond acceptors (Lipinski definition) is 7. The molecular weight excluding hydrogens is 440 g/mol. The van der Waals surface area contributed by atoms with Gasteiger partial charge in [0.05, 0.1) is 47.0 Å². The zero-order chi connectivity index (χ0) is 20.0. The zero-order valence-electron chi connectivity index (χ0n) is 15.4. The highest BCUT2D eigenvalue weighted by atomic mass is 79.9. The lowest BCUT2D eigenvalue weighted by Crippen LogP contribution is -2.47. The highest BCUT2D eigenvalue weighted by molar-refractivity contribution is 9.10. The van der Waals surface area contributed by atoms with Gasteiger partial charge in [0.15, 0.2) is 0 Å². The molecule has 5 heterocycles. The number of rotatable bonds is 3. The predicted molar refractivity (Wildman–Crippen MR) is 110 cm³/mol. The van der Waals surface area contributed by atoms with Crippen LogP contribution >= 0.6 is 15.9 Å². The van der Waals surface area contributed by atoms with Crippen molar-refractivity contribution in [2.24, 2.45) is 0 Å². The lowest BCUT2D eigenvalue weighted by atomic mass is 10.2. The molecule has 1 fully saturated rings. The number of ether oxygens (including phenoxy) is 1. The first-order chi connectivity index (χ1) is 14.1. The van der Waals surface area contributed by atoms with Crippen LogP contribution in [0.4, 0.5) is 11.6 Å². The Bertz CT molecular complexity index is 1220. The lowest BCUT2D eigenvalue weighted by molar-refractivity contribution is 0.00327. The summed E-state index contributed by atoms with van der Waals surface area (Å²) >= 11 is 3.57. The van der Waals surface area contributed by atoms with Gasteiger partial charge in [-0.05, 0) is 28.9 Å². The summed E-state index contributed by atoms with van der Waals surface area (Å²) in [4.78, 5) is 31.0. The molecule has 3 N–H and O–H groups in total. The van der Waals surface area contributed by atoms with Crippen LogP contribution < -0.4 is 5.32 Å². The Morgan fingerprint density at radius 2 is 2.24 bits per heavy atom. The number of nitrogens with zero attached hydrogens (tertiary/aromatic N) is 5. The largest absolute Gasteiger partial charge is 0.377 e. The number of anilines is 2. The molecule has 0 radical (unpaired) electrons. The molecule has 0 unspecified atom stereocenters. The van der Waals surface area contributed by atoms with E-state index in [1.54, 1.807) is 17.3 Å². The van der Waals surface area contributed by atoms with Crippen molar-refractivity contribution in [3.8, 4) is 0 Å². The van der Waals surface area contributed by atoms with E-state index in [-0.39, 0.29) is 11.9 Å². The number of fused-ring (bicyclic) bond motifs is 2. The summed E-state index contributed by atoms with van der Waals surface area (Å²) in [5.41, 5.74) is 1.84. The molecule has 1 amide bonds. The number of amides is 1. The minimum Gasteiger partial charge on any atom is -0.377 e. The van der Waals surface area contributed by atoms with Gasteiger partial charge in [-0.2, -0.15) is 5.10 Å². The molecule has 1 aliphatic rings. The molecular formula is C18H17BrN8O2. The molecule has 29 heavy (non-hydrogen) atoms. The number of carbonyl (C=O) groups excluding carboxylic acids is 1. The van der Waals surface area contributed by atoms with Crippen LogP contribution in [0.3, 0.4) is 0 Å². The quantitative estimate of drug-likeness (QED) is 0.432. The Kier molecular flexibility index (Phi) is 4.40. The normalized spacial score (nSPS) is 17.2. The number of pyridine rings is 1. The Labute approximate surface area is 173 Å². The van der Waals surface area contributed by atoms with E-state index in [1.807, 2.05) is 13.0 Å². The summed E-state index contributed by atoms with van der Waals surface area (Å²) < 4.78 is 6.05. The average Bonchev–Trinajstić information content (AvgIpc) is 3.32. The van der Waals surface area contributed by atoms with E-state index >= 15 is 0 Å². The van der Waals surface area contributed by atoms with Crippen LogP contribution in [-0.4, -0.2) is 66.7 Å². The molecule has 1 saturated heterocycles. The Hall–Kier alpha value is -3.05. The van der Waals surface area contributed by atoms with E-state index in [0.717, 1.165) is 10.9 Å². The topological polar surface area (TPSA) is 125 Å². The van der Waals surface area contributed by atoms with E-state index in [9.17, 15) is 4.79 Å². The monoisotopic (exact) mass is 456 g/mol. The van der Waals surface area contributed by atoms with Crippen LogP contribution in [0.2, 0.25) is 0 Å². The fourth-order valence-electron chi connectivity index (χ4n) is 3.43. The van der Waals surface area contributed by atoms with Crippen molar-refractivity contribution < 1.29 is 9.53 Å². The van der Waals surface area contributed by atoms with Crippen LogP contribution in [0.5, 0.6) is 0 Å². The first-order valence-corrected chi connectivity index (χ1v) is 9.88. The summed E-state index contributed by atoms with van der Waals surface area (Å²) in [5.74, 6) is 1.05. The Morgan fingerprint density at radius 1 is 1.34 bits per heavy atom. The van der Waals surface area contributed by atoms with Crippen molar-refractivity contribution in [3.63, 3.8) is 0 Å². The van der Waals surface area contributed by atoms with Crippen molar-refractivity contribution in [2.75, 3.05) is 25.1 Å². The number of hydrogen-bond donors (Lipinski definition) is 3. The molecule has 4 aromatic rings. The summed E-state index contributed by atoms with van der Waals surface area (Å²) in [6.45, 7) is 3.58. The molecule has 0 aromatic carbocycles. The zero-order valence-corrected chi connectivity index (χ0v) is 17.0. The van der Waals surface area contributed by atoms with Gasteiger partial charge in [0.2, 0.25) is 0 Å². The lowest BCUT2D eigenvalue weighted by Gasteiger charge is -2.33. The Balaban J connectivity index is 1.52. The highest BCUT2D eigenvalue weighted by Gasteiger charge is 2.29. The standard InChI is InChI=1S/C18H17BrN8O2/c1-9-7-29-3-2-27(9)18(28)15-14(19)13-16(21-8-22-17(13)25-15)24-12-4-10-5-23-26-11(10)6-20-12/h4-6,8-9H,2-3,7H2,1H3,(H,23,26)(H2,20,21,22,24,25)/t9-/m1/s1. The van der Waals surface area contributed by atoms with Crippen molar-refractivity contribution >= 4 is 55.4 Å². The predicted octanol–water partition coefficient (Wildman–Crippen LogP) is 2.60. The number of H-pyrrole nitrogens is 2. The first-order valence-electron chi connectivity index (χ1n) is 9.09. The van der Waals surface area contributed by atoms with Gasteiger partial charge < -0.3 is 19.9 Å². The van der Waals surface area contributed by atoms with Gasteiger partial charge in [0.25, 0.3) is 5.91 Å². The maximum absolute atomic E-state index is 13.1. The van der Waals surface area contributed by atoms with E-state index in [1.165, 1.54) is 6.33 Å². The van der Waals surface area contributed by atoms with Crippen LogP contribution in [0.1, 0.15) is 17.4 Å². The molecule has 0 bridgehead atoms. The second-order valence-corrected chi connectivity index (χ2v) is 7.63. The van der Waals surface area contributed by atoms with E-state index < -0.39 is 0 Å². The van der Waals surface area contributed by atoms with E-state index in [0.29, 0.717) is 52.6 Å². The average molecular weight is 457 g/mol. The molecule has 1 aliphatic heterocycles. The smallest absolute Gasteiger partial charge is 0.271 e. The summed E-state index contributed by atoms with van der Waals surface area (Å²) in [6, 6.07) is 1.87. The van der Waals surface area contributed by atoms with Crippen LogP contribution in [0.25, 0.3) is 21.9 Å². The fourth-order valence-corrected chi connectivity index (χ4v) is 4.08. The van der Waals surface area contributed by atoms with Gasteiger partial charge in [0, 0.05) is 11.9 Å². The molecule has 5 rings (SSSR count). The van der Waals surface area contributed by atoms with Gasteiger partial charge >= 0.3 is 0 Å². The fraction of sp³-hybridized carbons (Fsp3) is 0.278. The van der Waals surface area contributed by atoms with E-state index in [2.05, 4.69) is 51.4 Å². The second-order valence-electron chi connectivity index (χ2n) is 6.83. The summed E-state index contributed by atoms with van der Waals surface area (Å²) in [5, 5.41) is 11.7. The molecule has 10 nitrogen and oxygen atoms in total. The van der Waals surface area contributed by atoms with Crippen LogP contribution in [0, 0.1) is 0 Å². The van der Waals surface area contributed by atoms with Crippen molar-refractivity contribution in [1.82, 2.24) is 35.0 Å². The molecule has 0 saturated carbocycles. The number of aromatic amines is 2. The third-order valence-electron chi connectivity index (χ3n) is 4.94. The van der Waals surface area contributed by atoms with Gasteiger partial charge in [-0.1, -0.05) is 0 Å². The molecule has 11 heteroatoms. The van der Waals surface area contributed by atoms with Gasteiger partial charge in [-0.25, -0.2) is 15.0 Å². The summed E-state index contributed by atoms with van der Waals surface area (Å²) in [7, 11) is 0. The number of carbonyl (C=O) groups is 1. The molecule has 0 spiro atoms. The summed E-state index contributed by atoms with van der Waals surface area (Å²) in [6.07, 6.45) is 4.86. The number of halogens is 1. The maximum atomic E-state index is 13.1. The highest BCUT2D eigenvalue weighted by Crippen LogP contribution is 2.33. The van der Waals surface area contributed by atoms with Crippen LogP contribution in [-0.2, 0) is 4.74 Å². The van der Waals surface area contributed by atoms with Gasteiger partial charge in [0.1, 0.15) is 29.3 Å². The van der Waals surface area contributed by atoms with Crippen LogP contribution in [0.15, 0.2) is 29.3 Å². The third kappa shape index (κ3) is 3.12. The molecule has 1 atom stereocenters. The Morgan fingerprint density at radius 3 is 3.10 bits per heavy atom. The number of nitrogens with one attached hydrogen (secondary N) is 3. The van der Waals surface area contributed by atoms with Crippen molar-refractivity contribution in [3.05, 3.63) is 35.0 Å². The molecule has 148 valence electrons. The minimum atomic E-state index is -0.102. The number of aromatic nitrogens is 6. The van der Waals surface area contributed by atoms with Gasteiger partial charge in [-0.3, -0.25) is 9.89 Å². The number of morpholine rings is 1. The second kappa shape index (κ2) is 7.08. The first kappa shape index (κ1) is 18.0. The molecule has 0 aliphatic carbocycles. The molecule has 4 aromatic heterocycles. The SMILES string of the molecule is C[C@@H]1COCCN1C(=O)c1[nH]c2ncnc(Nc3cc4cn[nH]c4cn3)c2c1Br. The minimum absolute atomic E-state index is 0.00382. The van der Waals surface area contributed by atoms with E-state index in [4.69, 9.17) is 4.74 Å². The van der Waals surface area contributed by atoms with Crippen molar-refractivity contribution in [2.45, 2.75) is 13.0 Å². The third-order valence-corrected chi connectivity index (χ3v) is 5.74. The van der Waals surface area contributed by atoms with Crippen molar-refractivity contribution in [1.29, 1.82) is 0 Å².